The highest BCUT2D eigenvalue weighted by Gasteiger charge is 2.09. The molecule has 0 aromatic heterocycles. The maximum absolute atomic E-state index is 11.3. The Hall–Kier alpha value is -0.860. The first-order valence-corrected chi connectivity index (χ1v) is 6.46. The second-order valence-electron chi connectivity index (χ2n) is 4.34. The van der Waals surface area contributed by atoms with Gasteiger partial charge in [0.1, 0.15) is 0 Å². The Balaban J connectivity index is 3.67. The predicted octanol–water partition coefficient (Wildman–Crippen LogP) is 3.14. The Kier molecular flexibility index (Phi) is 8.87. The fraction of sp³-hybridized carbons (Fsp3) is 0.846. The molecule has 0 saturated carbocycles. The van der Waals surface area contributed by atoms with Crippen LogP contribution in [-0.4, -0.2) is 18.2 Å². The highest BCUT2D eigenvalue weighted by molar-refractivity contribution is 5.86. The normalized spacial score (nSPS) is 10.5. The maximum Gasteiger partial charge on any atom is 0.220 e. The first kappa shape index (κ1) is 15.1. The molecule has 0 atom stereocenters. The third-order valence-corrected chi connectivity index (χ3v) is 2.92. The van der Waals surface area contributed by atoms with Crippen LogP contribution in [0, 0.1) is 11.3 Å². The largest absolute Gasteiger partial charge is 0.356 e. The maximum atomic E-state index is 11.3. The Bertz CT molecular complexity index is 210. The van der Waals surface area contributed by atoms with E-state index in [2.05, 4.69) is 19.2 Å². The summed E-state index contributed by atoms with van der Waals surface area (Å²) >= 11 is 0. The van der Waals surface area contributed by atoms with Gasteiger partial charge in [0.25, 0.3) is 0 Å². The lowest BCUT2D eigenvalue weighted by atomic mass is 9.95. The molecule has 0 spiro atoms. The van der Waals surface area contributed by atoms with Crippen molar-refractivity contribution < 1.29 is 4.79 Å². The first-order chi connectivity index (χ1) is 7.63. The molecular weight excluding hydrogens is 200 g/mol. The number of nitrogens with one attached hydrogen (secondary N) is 2. The van der Waals surface area contributed by atoms with Gasteiger partial charge >= 0.3 is 0 Å². The quantitative estimate of drug-likeness (QED) is 0.583. The topological polar surface area (TPSA) is 53.0 Å². The van der Waals surface area contributed by atoms with Crippen molar-refractivity contribution in [2.24, 2.45) is 5.92 Å². The van der Waals surface area contributed by atoms with Crippen LogP contribution in [0.4, 0.5) is 0 Å². The summed E-state index contributed by atoms with van der Waals surface area (Å²) in [6, 6.07) is 0. The van der Waals surface area contributed by atoms with Crippen LogP contribution in [0.2, 0.25) is 0 Å². The van der Waals surface area contributed by atoms with E-state index in [0.717, 1.165) is 37.9 Å². The molecule has 1 amide bonds. The van der Waals surface area contributed by atoms with Crippen LogP contribution in [0.1, 0.15) is 59.3 Å². The van der Waals surface area contributed by atoms with Gasteiger partial charge < -0.3 is 10.7 Å². The van der Waals surface area contributed by atoms with Gasteiger partial charge in [0.2, 0.25) is 5.91 Å². The molecule has 0 aliphatic carbocycles. The van der Waals surface area contributed by atoms with Crippen molar-refractivity contribution in [3.8, 4) is 0 Å². The molecule has 0 heterocycles. The summed E-state index contributed by atoms with van der Waals surface area (Å²) in [5, 5.41) is 10.6. The van der Waals surface area contributed by atoms with Crippen molar-refractivity contribution in [3.63, 3.8) is 0 Å². The summed E-state index contributed by atoms with van der Waals surface area (Å²) in [5.74, 6) is 0.697. The van der Waals surface area contributed by atoms with Crippen molar-refractivity contribution >= 4 is 11.6 Å². The van der Waals surface area contributed by atoms with Gasteiger partial charge in [-0.1, -0.05) is 33.6 Å². The van der Waals surface area contributed by atoms with Crippen LogP contribution < -0.4 is 5.32 Å². The summed E-state index contributed by atoms with van der Waals surface area (Å²) in [5.41, 5.74) is 0.723. The van der Waals surface area contributed by atoms with Crippen LogP contribution in [-0.2, 0) is 4.79 Å². The number of carbonyl (C=O) groups is 1. The highest BCUT2D eigenvalue weighted by Crippen LogP contribution is 2.14. The molecule has 16 heavy (non-hydrogen) atoms. The van der Waals surface area contributed by atoms with E-state index in [1.807, 2.05) is 6.92 Å². The Morgan fingerprint density at radius 2 is 1.81 bits per heavy atom. The monoisotopic (exact) mass is 226 g/mol. The molecule has 0 aromatic rings. The Labute approximate surface area is 99.5 Å². The van der Waals surface area contributed by atoms with Gasteiger partial charge in [0.05, 0.1) is 0 Å². The van der Waals surface area contributed by atoms with Crippen molar-refractivity contribution in [1.29, 1.82) is 5.41 Å². The average molecular weight is 226 g/mol. The minimum Gasteiger partial charge on any atom is -0.356 e. The molecule has 94 valence electrons. The molecule has 0 aromatic carbocycles. The van der Waals surface area contributed by atoms with Gasteiger partial charge in [-0.3, -0.25) is 4.79 Å². The van der Waals surface area contributed by atoms with Crippen molar-refractivity contribution in [2.45, 2.75) is 59.3 Å². The minimum absolute atomic E-state index is 0.0798. The van der Waals surface area contributed by atoms with E-state index < -0.39 is 0 Å². The third kappa shape index (κ3) is 7.43. The van der Waals surface area contributed by atoms with Crippen molar-refractivity contribution in [3.05, 3.63) is 0 Å². The minimum atomic E-state index is 0.0798. The Morgan fingerprint density at radius 1 is 1.19 bits per heavy atom. The van der Waals surface area contributed by atoms with Crippen LogP contribution in [0.25, 0.3) is 0 Å². The lowest BCUT2D eigenvalue weighted by Gasteiger charge is -2.12. The van der Waals surface area contributed by atoms with Gasteiger partial charge in [0.15, 0.2) is 0 Å². The lowest BCUT2D eigenvalue weighted by molar-refractivity contribution is -0.120. The van der Waals surface area contributed by atoms with Gasteiger partial charge in [0, 0.05) is 18.7 Å². The molecule has 0 radical (unpaired) electrons. The number of amides is 1. The van der Waals surface area contributed by atoms with Gasteiger partial charge in [-0.05, 0) is 25.2 Å². The second-order valence-corrected chi connectivity index (χ2v) is 4.34. The zero-order valence-corrected chi connectivity index (χ0v) is 10.9. The van der Waals surface area contributed by atoms with Crippen molar-refractivity contribution in [1.82, 2.24) is 5.32 Å². The summed E-state index contributed by atoms with van der Waals surface area (Å²) in [6.07, 6.45) is 5.16. The molecule has 0 fully saturated rings. The van der Waals surface area contributed by atoms with E-state index in [4.69, 9.17) is 5.41 Å². The van der Waals surface area contributed by atoms with E-state index in [1.54, 1.807) is 0 Å². The molecule has 0 unspecified atom stereocenters. The summed E-state index contributed by atoms with van der Waals surface area (Å²) in [7, 11) is 0. The average Bonchev–Trinajstić information content (AvgIpc) is 2.30. The lowest BCUT2D eigenvalue weighted by Crippen LogP contribution is -2.24. The fourth-order valence-electron chi connectivity index (χ4n) is 1.65. The van der Waals surface area contributed by atoms with Crippen LogP contribution >= 0.6 is 0 Å². The predicted molar refractivity (Wildman–Crippen MR) is 69.0 cm³/mol. The number of hydrogen-bond acceptors (Lipinski definition) is 2. The van der Waals surface area contributed by atoms with Crippen LogP contribution in [0.5, 0.6) is 0 Å². The van der Waals surface area contributed by atoms with E-state index in [1.165, 1.54) is 0 Å². The standard InChI is InChI=1S/C13H26N2O/c1-4-9-15-13(16)8-7-12(14)10-11(5-2)6-3/h11,14H,4-10H2,1-3H3,(H,15,16). The molecule has 3 heteroatoms. The molecule has 0 aliphatic heterocycles. The van der Waals surface area contributed by atoms with Crippen LogP contribution in [0.3, 0.4) is 0 Å². The Morgan fingerprint density at radius 3 is 2.31 bits per heavy atom. The number of hydrogen-bond donors (Lipinski definition) is 2. The molecule has 0 rings (SSSR count). The summed E-state index contributed by atoms with van der Waals surface area (Å²) < 4.78 is 0. The molecule has 0 aliphatic rings. The number of carbonyl (C=O) groups excluding carboxylic acids is 1. The van der Waals surface area contributed by atoms with Gasteiger partial charge in [-0.2, -0.15) is 0 Å². The second kappa shape index (κ2) is 9.37. The molecule has 0 saturated heterocycles. The summed E-state index contributed by atoms with van der Waals surface area (Å²) in [4.78, 5) is 11.3. The van der Waals surface area contributed by atoms with E-state index in [0.29, 0.717) is 18.8 Å². The third-order valence-electron chi connectivity index (χ3n) is 2.92. The van der Waals surface area contributed by atoms with Crippen molar-refractivity contribution in [2.75, 3.05) is 6.54 Å². The van der Waals surface area contributed by atoms with Gasteiger partial charge in [-0.25, -0.2) is 0 Å². The summed E-state index contributed by atoms with van der Waals surface area (Å²) in [6.45, 7) is 7.11. The molecule has 0 bridgehead atoms. The molecule has 3 nitrogen and oxygen atoms in total. The van der Waals surface area contributed by atoms with E-state index in [-0.39, 0.29) is 5.91 Å². The smallest absolute Gasteiger partial charge is 0.220 e. The van der Waals surface area contributed by atoms with Crippen LogP contribution in [0.15, 0.2) is 0 Å². The SMILES string of the molecule is CCCNC(=O)CCC(=N)CC(CC)CC. The molecule has 2 N–H and O–H groups in total. The van der Waals surface area contributed by atoms with E-state index >= 15 is 0 Å². The number of rotatable bonds is 9. The van der Waals surface area contributed by atoms with E-state index in [9.17, 15) is 4.79 Å². The zero-order chi connectivity index (χ0) is 12.4. The highest BCUT2D eigenvalue weighted by atomic mass is 16.1. The van der Waals surface area contributed by atoms with Gasteiger partial charge in [-0.15, -0.1) is 0 Å². The first-order valence-electron chi connectivity index (χ1n) is 6.46. The zero-order valence-electron chi connectivity index (χ0n) is 10.9. The fourth-order valence-corrected chi connectivity index (χ4v) is 1.65. The molecular formula is C13H26N2O.